The zero-order chi connectivity index (χ0) is 15.2. The van der Waals surface area contributed by atoms with Crippen molar-refractivity contribution in [3.05, 3.63) is 29.5 Å². The van der Waals surface area contributed by atoms with Gasteiger partial charge in [-0.25, -0.2) is 15.0 Å². The van der Waals surface area contributed by atoms with E-state index < -0.39 is 0 Å². The topological polar surface area (TPSA) is 83.0 Å². The van der Waals surface area contributed by atoms with E-state index in [0.29, 0.717) is 22.3 Å². The third kappa shape index (κ3) is 5.64. The Balaban J connectivity index is 0.00000144. The predicted octanol–water partition coefficient (Wildman–Crippen LogP) is 1.08. The number of nitrogens with one attached hydrogen (secondary N) is 2. The summed E-state index contributed by atoms with van der Waals surface area (Å²) in [7, 11) is 0. The molecule has 0 aliphatic carbocycles. The number of rotatable bonds is 5. The summed E-state index contributed by atoms with van der Waals surface area (Å²) >= 11 is 1.31. The normalized spacial score (nSPS) is 14.3. The number of hydrogen-bond donors (Lipinski definition) is 2. The highest BCUT2D eigenvalue weighted by Crippen LogP contribution is 2.21. The molecule has 0 spiro atoms. The summed E-state index contributed by atoms with van der Waals surface area (Å²) in [5, 5.41) is 6.91. The van der Waals surface area contributed by atoms with E-state index in [1.165, 1.54) is 11.3 Å². The summed E-state index contributed by atoms with van der Waals surface area (Å²) in [6, 6.07) is 1.75. The van der Waals surface area contributed by atoms with Crippen LogP contribution >= 0.6 is 36.2 Å². The van der Waals surface area contributed by atoms with Crippen LogP contribution in [-0.4, -0.2) is 65.0 Å². The second-order valence-electron chi connectivity index (χ2n) is 4.95. The van der Waals surface area contributed by atoms with Crippen LogP contribution in [0.2, 0.25) is 0 Å². The highest BCUT2D eigenvalue weighted by molar-refractivity contribution is 7.16. The number of amides is 1. The van der Waals surface area contributed by atoms with Gasteiger partial charge in [0.1, 0.15) is 4.88 Å². The smallest absolute Gasteiger partial charge is 0.263 e. The highest BCUT2D eigenvalue weighted by atomic mass is 35.5. The Kier molecular flexibility index (Phi) is 9.09. The van der Waals surface area contributed by atoms with Gasteiger partial charge in [-0.2, -0.15) is 0 Å². The summed E-state index contributed by atoms with van der Waals surface area (Å²) in [6.45, 7) is 5.62. The molecule has 10 heteroatoms. The number of thiazole rings is 1. The van der Waals surface area contributed by atoms with Gasteiger partial charge in [0.15, 0.2) is 10.8 Å². The van der Waals surface area contributed by atoms with E-state index in [0.717, 1.165) is 32.7 Å². The maximum atomic E-state index is 12.1. The Labute approximate surface area is 157 Å². The van der Waals surface area contributed by atoms with E-state index in [2.05, 4.69) is 30.5 Å². The lowest BCUT2D eigenvalue weighted by atomic mass is 10.3. The molecule has 0 radical (unpaired) electrons. The first-order valence-corrected chi connectivity index (χ1v) is 8.09. The SMILES string of the molecule is Cl.Cl.O=C(NCCN1CCNCC1)c1cnc(-c2ncccn2)s1. The molecule has 2 aromatic rings. The summed E-state index contributed by atoms with van der Waals surface area (Å²) in [4.78, 5) is 27.5. The summed E-state index contributed by atoms with van der Waals surface area (Å²) in [6.07, 6.45) is 4.91. The van der Waals surface area contributed by atoms with E-state index in [9.17, 15) is 4.79 Å². The molecule has 1 amide bonds. The second kappa shape index (κ2) is 10.5. The second-order valence-corrected chi connectivity index (χ2v) is 5.98. The first kappa shape index (κ1) is 20.7. The lowest BCUT2D eigenvalue weighted by molar-refractivity contribution is 0.0951. The van der Waals surface area contributed by atoms with Gasteiger partial charge in [0.25, 0.3) is 5.91 Å². The van der Waals surface area contributed by atoms with Gasteiger partial charge in [0.05, 0.1) is 6.20 Å². The molecule has 0 bridgehead atoms. The van der Waals surface area contributed by atoms with Crippen molar-refractivity contribution >= 4 is 42.1 Å². The number of carbonyl (C=O) groups is 1. The van der Waals surface area contributed by atoms with Gasteiger partial charge in [-0.05, 0) is 6.07 Å². The Morgan fingerprint density at radius 1 is 1.21 bits per heavy atom. The number of carbonyl (C=O) groups excluding carboxylic acids is 1. The molecule has 24 heavy (non-hydrogen) atoms. The molecule has 1 aliphatic heterocycles. The average Bonchev–Trinajstić information content (AvgIpc) is 3.07. The molecule has 0 aromatic carbocycles. The van der Waals surface area contributed by atoms with Crippen molar-refractivity contribution in [2.45, 2.75) is 0 Å². The molecule has 132 valence electrons. The number of nitrogens with zero attached hydrogens (tertiary/aromatic N) is 4. The lowest BCUT2D eigenvalue weighted by Crippen LogP contribution is -2.46. The van der Waals surface area contributed by atoms with Crippen LogP contribution in [0.3, 0.4) is 0 Å². The van der Waals surface area contributed by atoms with Crippen LogP contribution in [0.25, 0.3) is 10.8 Å². The fourth-order valence-electron chi connectivity index (χ4n) is 2.24. The molecule has 0 unspecified atom stereocenters. The quantitative estimate of drug-likeness (QED) is 0.794. The summed E-state index contributed by atoms with van der Waals surface area (Å²) in [5.74, 6) is 0.460. The van der Waals surface area contributed by atoms with E-state index in [4.69, 9.17) is 0 Å². The molecular formula is C14H20Cl2N6OS. The van der Waals surface area contributed by atoms with E-state index in [-0.39, 0.29) is 30.7 Å². The van der Waals surface area contributed by atoms with Crippen molar-refractivity contribution in [2.75, 3.05) is 39.3 Å². The van der Waals surface area contributed by atoms with Crippen LogP contribution < -0.4 is 10.6 Å². The van der Waals surface area contributed by atoms with Crippen molar-refractivity contribution in [3.63, 3.8) is 0 Å². The van der Waals surface area contributed by atoms with Gasteiger partial charge >= 0.3 is 0 Å². The van der Waals surface area contributed by atoms with Gasteiger partial charge in [-0.3, -0.25) is 9.69 Å². The number of aromatic nitrogens is 3. The van der Waals surface area contributed by atoms with Gasteiger partial charge in [-0.15, -0.1) is 36.2 Å². The minimum Gasteiger partial charge on any atom is -0.350 e. The summed E-state index contributed by atoms with van der Waals surface area (Å²) in [5.41, 5.74) is 0. The van der Waals surface area contributed by atoms with Crippen molar-refractivity contribution in [1.82, 2.24) is 30.5 Å². The molecule has 1 aliphatic rings. The molecule has 3 rings (SSSR count). The molecule has 1 saturated heterocycles. The van der Waals surface area contributed by atoms with Gasteiger partial charge in [-0.1, -0.05) is 0 Å². The maximum Gasteiger partial charge on any atom is 0.263 e. The minimum absolute atomic E-state index is 0. The van der Waals surface area contributed by atoms with E-state index in [1.54, 1.807) is 24.7 Å². The van der Waals surface area contributed by atoms with Crippen LogP contribution in [0.1, 0.15) is 9.67 Å². The zero-order valence-corrected chi connectivity index (χ0v) is 15.4. The lowest BCUT2D eigenvalue weighted by Gasteiger charge is -2.26. The standard InChI is InChI=1S/C14H18N6OS.2ClH/c21-13(18-6-9-20-7-4-15-5-8-20)11-10-19-14(22-11)12-16-2-1-3-17-12;;/h1-3,10,15H,4-9H2,(H,18,21);2*1H. The van der Waals surface area contributed by atoms with Gasteiger partial charge in [0.2, 0.25) is 0 Å². The van der Waals surface area contributed by atoms with E-state index in [1.807, 2.05) is 0 Å². The first-order chi connectivity index (χ1) is 10.8. The minimum atomic E-state index is -0.0881. The van der Waals surface area contributed by atoms with Crippen LogP contribution in [0.15, 0.2) is 24.7 Å². The molecule has 0 saturated carbocycles. The maximum absolute atomic E-state index is 12.1. The monoisotopic (exact) mass is 390 g/mol. The van der Waals surface area contributed by atoms with Crippen molar-refractivity contribution in [1.29, 1.82) is 0 Å². The van der Waals surface area contributed by atoms with Crippen LogP contribution in [-0.2, 0) is 0 Å². The van der Waals surface area contributed by atoms with Crippen molar-refractivity contribution < 1.29 is 4.79 Å². The Morgan fingerprint density at radius 3 is 2.62 bits per heavy atom. The summed E-state index contributed by atoms with van der Waals surface area (Å²) < 4.78 is 0. The largest absolute Gasteiger partial charge is 0.350 e. The van der Waals surface area contributed by atoms with Crippen LogP contribution in [0.4, 0.5) is 0 Å². The number of hydrogen-bond acceptors (Lipinski definition) is 7. The Hall–Kier alpha value is -1.32. The first-order valence-electron chi connectivity index (χ1n) is 7.27. The van der Waals surface area contributed by atoms with Crippen LogP contribution in [0, 0.1) is 0 Å². The molecule has 3 heterocycles. The highest BCUT2D eigenvalue weighted by Gasteiger charge is 2.14. The molecule has 0 atom stereocenters. The third-order valence-electron chi connectivity index (χ3n) is 3.41. The molecule has 2 aromatic heterocycles. The molecule has 1 fully saturated rings. The average molecular weight is 391 g/mol. The fourth-order valence-corrected chi connectivity index (χ4v) is 3.02. The van der Waals surface area contributed by atoms with E-state index >= 15 is 0 Å². The Bertz CT molecular complexity index is 621. The molecule has 2 N–H and O–H groups in total. The van der Waals surface area contributed by atoms with Gasteiger partial charge < -0.3 is 10.6 Å². The molecular weight excluding hydrogens is 371 g/mol. The zero-order valence-electron chi connectivity index (χ0n) is 13.0. The van der Waals surface area contributed by atoms with Crippen molar-refractivity contribution in [2.24, 2.45) is 0 Å². The Morgan fingerprint density at radius 2 is 1.92 bits per heavy atom. The van der Waals surface area contributed by atoms with Gasteiger partial charge in [0, 0.05) is 51.7 Å². The third-order valence-corrected chi connectivity index (χ3v) is 4.40. The number of halogens is 2. The number of piperazine rings is 1. The predicted molar refractivity (Wildman–Crippen MR) is 99.3 cm³/mol. The fraction of sp³-hybridized carbons (Fsp3) is 0.429. The van der Waals surface area contributed by atoms with Crippen LogP contribution in [0.5, 0.6) is 0 Å². The van der Waals surface area contributed by atoms with Crippen molar-refractivity contribution in [3.8, 4) is 10.8 Å². The molecule has 7 nitrogen and oxygen atoms in total.